The number of aromatic nitrogens is 3. The van der Waals surface area contributed by atoms with Crippen molar-refractivity contribution in [1.29, 1.82) is 0 Å². The Bertz CT molecular complexity index is 1040. The Morgan fingerprint density at radius 1 is 1.21 bits per heavy atom. The summed E-state index contributed by atoms with van der Waals surface area (Å²) < 4.78 is 12.9. The van der Waals surface area contributed by atoms with Crippen LogP contribution in [-0.2, 0) is 11.3 Å². The van der Waals surface area contributed by atoms with Crippen molar-refractivity contribution >= 4 is 11.7 Å². The largest absolute Gasteiger partial charge is 0.481 e. The lowest BCUT2D eigenvalue weighted by atomic mass is 9.97. The quantitative estimate of drug-likeness (QED) is 0.743. The van der Waals surface area contributed by atoms with E-state index in [4.69, 9.17) is 14.5 Å². The molecule has 8 nitrogen and oxygen atoms in total. The molecule has 5 rings (SSSR count). The number of hydrogen-bond donors (Lipinski definition) is 1. The first-order valence-electron chi connectivity index (χ1n) is 9.36. The topological polar surface area (TPSA) is 89.2 Å². The summed E-state index contributed by atoms with van der Waals surface area (Å²) in [7, 11) is 0. The fourth-order valence-electron chi connectivity index (χ4n) is 3.91. The van der Waals surface area contributed by atoms with Crippen molar-refractivity contribution < 1.29 is 19.4 Å². The Morgan fingerprint density at radius 2 is 2.04 bits per heavy atom. The summed E-state index contributed by atoms with van der Waals surface area (Å²) in [5.74, 6) is 1.16. The molecule has 1 fully saturated rings. The van der Waals surface area contributed by atoms with Crippen molar-refractivity contribution in [2.75, 3.05) is 19.9 Å². The Hall–Kier alpha value is -3.13. The zero-order valence-electron chi connectivity index (χ0n) is 15.2. The van der Waals surface area contributed by atoms with Gasteiger partial charge >= 0.3 is 5.97 Å². The third-order valence-corrected chi connectivity index (χ3v) is 5.46. The van der Waals surface area contributed by atoms with Crippen molar-refractivity contribution in [2.24, 2.45) is 5.92 Å². The third-order valence-electron chi connectivity index (χ3n) is 5.46. The molecule has 0 aliphatic carbocycles. The Balaban J connectivity index is 1.49. The van der Waals surface area contributed by atoms with Crippen LogP contribution in [0.1, 0.15) is 18.5 Å². The monoisotopic (exact) mass is 380 g/mol. The molecule has 28 heavy (non-hydrogen) atoms. The Morgan fingerprint density at radius 3 is 2.86 bits per heavy atom. The van der Waals surface area contributed by atoms with Gasteiger partial charge in [-0.25, -0.2) is 9.97 Å². The lowest BCUT2D eigenvalue weighted by Crippen LogP contribution is -2.36. The average Bonchev–Trinajstić information content (AvgIpc) is 3.32. The number of fused-ring (bicyclic) bond motifs is 2. The summed E-state index contributed by atoms with van der Waals surface area (Å²) in [4.78, 5) is 22.6. The highest BCUT2D eigenvalue weighted by molar-refractivity contribution is 5.70. The van der Waals surface area contributed by atoms with E-state index < -0.39 is 5.97 Å². The van der Waals surface area contributed by atoms with Gasteiger partial charge in [-0.1, -0.05) is 0 Å². The number of rotatable bonds is 4. The number of nitrogens with zero attached hydrogens (tertiary/aromatic N) is 4. The Kier molecular flexibility index (Phi) is 4.12. The molecule has 1 saturated heterocycles. The second-order valence-electron chi connectivity index (χ2n) is 7.15. The zero-order chi connectivity index (χ0) is 19.1. The number of benzene rings is 1. The van der Waals surface area contributed by atoms with Gasteiger partial charge in [-0.05, 0) is 50.2 Å². The van der Waals surface area contributed by atoms with Crippen LogP contribution in [0.15, 0.2) is 36.7 Å². The molecule has 0 atom stereocenters. The van der Waals surface area contributed by atoms with Crippen molar-refractivity contribution in [3.8, 4) is 22.8 Å². The SMILES string of the molecule is O=C(O)C1CCN(Cc2c(-c3ccc4c(c3)OCO4)nc3ncccn23)CC1. The molecular formula is C20H20N4O4. The second kappa shape index (κ2) is 6.79. The number of carbonyl (C=O) groups is 1. The standard InChI is InChI=1S/C20H20N4O4/c25-19(26)13-4-8-23(9-5-13)11-15-18(22-20-21-6-1-7-24(15)20)14-2-3-16-17(10-14)28-12-27-16/h1-3,6-7,10,13H,4-5,8-9,11-12H2,(H,25,26). The third kappa shape index (κ3) is 2.95. The molecule has 2 aliphatic heterocycles. The van der Waals surface area contributed by atoms with Gasteiger partial charge in [-0.2, -0.15) is 0 Å². The van der Waals surface area contributed by atoms with Gasteiger partial charge in [0.15, 0.2) is 11.5 Å². The summed E-state index contributed by atoms with van der Waals surface area (Å²) in [6.07, 6.45) is 5.03. The van der Waals surface area contributed by atoms with Crippen molar-refractivity contribution in [3.05, 3.63) is 42.4 Å². The minimum atomic E-state index is -0.695. The van der Waals surface area contributed by atoms with E-state index >= 15 is 0 Å². The number of carboxylic acids is 1. The molecule has 0 radical (unpaired) electrons. The molecule has 0 spiro atoms. The van der Waals surface area contributed by atoms with Gasteiger partial charge in [0.1, 0.15) is 0 Å². The van der Waals surface area contributed by atoms with Crippen LogP contribution in [0.3, 0.4) is 0 Å². The number of ether oxygens (including phenoxy) is 2. The average molecular weight is 380 g/mol. The number of aliphatic carboxylic acids is 1. The van der Waals surface area contributed by atoms with E-state index in [-0.39, 0.29) is 12.7 Å². The maximum Gasteiger partial charge on any atom is 0.306 e. The van der Waals surface area contributed by atoms with Gasteiger partial charge in [0.25, 0.3) is 0 Å². The van der Waals surface area contributed by atoms with E-state index in [0.29, 0.717) is 25.2 Å². The molecule has 0 unspecified atom stereocenters. The molecule has 0 saturated carbocycles. The van der Waals surface area contributed by atoms with Crippen LogP contribution in [0, 0.1) is 5.92 Å². The minimum Gasteiger partial charge on any atom is -0.481 e. The van der Waals surface area contributed by atoms with Gasteiger partial charge in [0.2, 0.25) is 12.6 Å². The number of piperidine rings is 1. The van der Waals surface area contributed by atoms with Crippen LogP contribution >= 0.6 is 0 Å². The van der Waals surface area contributed by atoms with E-state index in [0.717, 1.165) is 41.5 Å². The molecule has 0 amide bonds. The predicted octanol–water partition coefficient (Wildman–Crippen LogP) is 2.42. The van der Waals surface area contributed by atoms with Crippen LogP contribution < -0.4 is 9.47 Å². The summed E-state index contributed by atoms with van der Waals surface area (Å²) in [6.45, 7) is 2.43. The predicted molar refractivity (Wildman–Crippen MR) is 100 cm³/mol. The first-order chi connectivity index (χ1) is 13.7. The smallest absolute Gasteiger partial charge is 0.306 e. The maximum absolute atomic E-state index is 11.2. The van der Waals surface area contributed by atoms with Gasteiger partial charge in [0.05, 0.1) is 17.3 Å². The summed E-state index contributed by atoms with van der Waals surface area (Å²) in [6, 6.07) is 7.72. The van der Waals surface area contributed by atoms with E-state index in [1.165, 1.54) is 0 Å². The highest BCUT2D eigenvalue weighted by Crippen LogP contribution is 2.37. The molecule has 2 aliphatic rings. The van der Waals surface area contributed by atoms with Crippen LogP contribution in [0.25, 0.3) is 17.0 Å². The summed E-state index contributed by atoms with van der Waals surface area (Å²) in [5, 5.41) is 9.23. The van der Waals surface area contributed by atoms with Crippen molar-refractivity contribution in [1.82, 2.24) is 19.3 Å². The highest BCUT2D eigenvalue weighted by Gasteiger charge is 2.26. The maximum atomic E-state index is 11.2. The van der Waals surface area contributed by atoms with E-state index in [2.05, 4.69) is 9.88 Å². The molecule has 1 aromatic carbocycles. The van der Waals surface area contributed by atoms with Crippen molar-refractivity contribution in [2.45, 2.75) is 19.4 Å². The van der Waals surface area contributed by atoms with Gasteiger partial charge in [-0.3, -0.25) is 14.1 Å². The molecule has 3 aromatic rings. The molecular weight excluding hydrogens is 360 g/mol. The Labute approximate surface area is 161 Å². The fraction of sp³-hybridized carbons (Fsp3) is 0.350. The van der Waals surface area contributed by atoms with Gasteiger partial charge in [0, 0.05) is 24.5 Å². The zero-order valence-corrected chi connectivity index (χ0v) is 15.2. The number of likely N-dealkylation sites (tertiary alicyclic amines) is 1. The molecule has 8 heteroatoms. The van der Waals surface area contributed by atoms with Crippen LogP contribution in [0.5, 0.6) is 11.5 Å². The molecule has 2 aromatic heterocycles. The number of hydrogen-bond acceptors (Lipinski definition) is 6. The number of carboxylic acid groups (broad SMARTS) is 1. The number of imidazole rings is 1. The van der Waals surface area contributed by atoms with Gasteiger partial charge < -0.3 is 14.6 Å². The first kappa shape index (κ1) is 17.0. The fourth-order valence-corrected chi connectivity index (χ4v) is 3.91. The molecule has 1 N–H and O–H groups in total. The first-order valence-corrected chi connectivity index (χ1v) is 9.36. The van der Waals surface area contributed by atoms with E-state index in [9.17, 15) is 9.90 Å². The van der Waals surface area contributed by atoms with Crippen molar-refractivity contribution in [3.63, 3.8) is 0 Å². The van der Waals surface area contributed by atoms with Crippen LogP contribution in [0.2, 0.25) is 0 Å². The lowest BCUT2D eigenvalue weighted by molar-refractivity contribution is -0.143. The minimum absolute atomic E-state index is 0.233. The van der Waals surface area contributed by atoms with E-state index in [1.807, 2.05) is 34.9 Å². The molecule has 4 heterocycles. The van der Waals surface area contributed by atoms with Gasteiger partial charge in [-0.15, -0.1) is 0 Å². The summed E-state index contributed by atoms with van der Waals surface area (Å²) >= 11 is 0. The van der Waals surface area contributed by atoms with Crippen LogP contribution in [0.4, 0.5) is 0 Å². The molecule has 144 valence electrons. The lowest BCUT2D eigenvalue weighted by Gasteiger charge is -2.30. The summed E-state index contributed by atoms with van der Waals surface area (Å²) in [5.41, 5.74) is 2.85. The molecule has 0 bridgehead atoms. The van der Waals surface area contributed by atoms with E-state index in [1.54, 1.807) is 6.20 Å². The normalized spacial score (nSPS) is 17.3. The highest BCUT2D eigenvalue weighted by atomic mass is 16.7. The van der Waals surface area contributed by atoms with Crippen LogP contribution in [-0.4, -0.2) is 50.2 Å². The second-order valence-corrected chi connectivity index (χ2v) is 7.15.